The number of hydrogen-bond acceptors (Lipinski definition) is 4. The molecule has 0 radical (unpaired) electrons. The fraction of sp³-hybridized carbons (Fsp3) is 0.375. The van der Waals surface area contributed by atoms with Gasteiger partial charge in [0, 0.05) is 32.3 Å². The van der Waals surface area contributed by atoms with Crippen molar-refractivity contribution in [1.29, 1.82) is 0 Å². The van der Waals surface area contributed by atoms with Crippen LogP contribution in [-0.4, -0.2) is 43.2 Å². The summed E-state index contributed by atoms with van der Waals surface area (Å²) >= 11 is 0. The van der Waals surface area contributed by atoms with Crippen molar-refractivity contribution in [3.63, 3.8) is 0 Å². The van der Waals surface area contributed by atoms with Crippen molar-refractivity contribution >= 4 is 12.0 Å². The highest BCUT2D eigenvalue weighted by Gasteiger charge is 2.22. The minimum absolute atomic E-state index is 0.178. The Hall–Kier alpha value is -2.70. The zero-order chi connectivity index (χ0) is 21.5. The Labute approximate surface area is 177 Å². The molecule has 2 atom stereocenters. The number of nitrogens with one attached hydrogen (secondary N) is 1. The van der Waals surface area contributed by atoms with Crippen LogP contribution in [0.25, 0.3) is 6.08 Å². The topological polar surface area (TPSA) is 50.8 Å². The first kappa shape index (κ1) is 22.0. The standard InChI is InChI=1S/C24H29FN2O3/c1-17-14-27(15-18(2)30-17)16-21-7-5-4-6-20(21)13-26-24(28)11-9-19-8-10-23(29-3)22(25)12-19/h4-12,17-18H,13-16H2,1-3H3,(H,26,28). The number of carbonyl (C=O) groups is 1. The zero-order valence-electron chi connectivity index (χ0n) is 17.7. The first-order chi connectivity index (χ1) is 14.4. The maximum absolute atomic E-state index is 13.8. The summed E-state index contributed by atoms with van der Waals surface area (Å²) in [5.41, 5.74) is 2.88. The van der Waals surface area contributed by atoms with Crippen LogP contribution in [0.2, 0.25) is 0 Å². The number of carbonyl (C=O) groups excluding carboxylic acids is 1. The van der Waals surface area contributed by atoms with Gasteiger partial charge >= 0.3 is 0 Å². The normalized spacial score (nSPS) is 19.7. The third-order valence-electron chi connectivity index (χ3n) is 5.06. The fourth-order valence-electron chi connectivity index (χ4n) is 3.74. The summed E-state index contributed by atoms with van der Waals surface area (Å²) in [6.45, 7) is 7.24. The molecule has 1 aliphatic rings. The van der Waals surface area contributed by atoms with Crippen molar-refractivity contribution in [2.24, 2.45) is 0 Å². The predicted octanol–water partition coefficient (Wildman–Crippen LogP) is 3.77. The molecule has 5 nitrogen and oxygen atoms in total. The Morgan fingerprint density at radius 3 is 2.57 bits per heavy atom. The monoisotopic (exact) mass is 412 g/mol. The molecule has 0 bridgehead atoms. The lowest BCUT2D eigenvalue weighted by atomic mass is 10.1. The zero-order valence-corrected chi connectivity index (χ0v) is 17.7. The van der Waals surface area contributed by atoms with Crippen LogP contribution >= 0.6 is 0 Å². The van der Waals surface area contributed by atoms with E-state index < -0.39 is 5.82 Å². The number of halogens is 1. The lowest BCUT2D eigenvalue weighted by Crippen LogP contribution is -2.45. The number of nitrogens with zero attached hydrogens (tertiary/aromatic N) is 1. The van der Waals surface area contributed by atoms with Gasteiger partial charge in [-0.3, -0.25) is 9.69 Å². The maximum atomic E-state index is 13.8. The maximum Gasteiger partial charge on any atom is 0.244 e. The Bertz CT molecular complexity index is 890. The molecule has 0 aromatic heterocycles. The van der Waals surface area contributed by atoms with Crippen molar-refractivity contribution in [3.8, 4) is 5.75 Å². The van der Waals surface area contributed by atoms with Gasteiger partial charge in [0.1, 0.15) is 0 Å². The molecule has 1 amide bonds. The molecule has 0 saturated carbocycles. The lowest BCUT2D eigenvalue weighted by Gasteiger charge is -2.35. The van der Waals surface area contributed by atoms with E-state index in [4.69, 9.17) is 9.47 Å². The quantitative estimate of drug-likeness (QED) is 0.704. The summed E-state index contributed by atoms with van der Waals surface area (Å²) in [5.74, 6) is -0.507. The van der Waals surface area contributed by atoms with Gasteiger partial charge in [-0.1, -0.05) is 30.3 Å². The van der Waals surface area contributed by atoms with Crippen molar-refractivity contribution in [2.75, 3.05) is 20.2 Å². The van der Waals surface area contributed by atoms with Crippen LogP contribution in [0.5, 0.6) is 5.75 Å². The second kappa shape index (κ2) is 10.4. The smallest absolute Gasteiger partial charge is 0.244 e. The summed E-state index contributed by atoms with van der Waals surface area (Å²) in [5, 5.41) is 2.91. The minimum atomic E-state index is -0.458. The Balaban J connectivity index is 1.58. The van der Waals surface area contributed by atoms with Crippen molar-refractivity contribution in [1.82, 2.24) is 10.2 Å². The molecule has 160 valence electrons. The highest BCUT2D eigenvalue weighted by atomic mass is 19.1. The van der Waals surface area contributed by atoms with Gasteiger partial charge < -0.3 is 14.8 Å². The van der Waals surface area contributed by atoms with Gasteiger partial charge in [-0.05, 0) is 48.7 Å². The van der Waals surface area contributed by atoms with Gasteiger partial charge in [-0.15, -0.1) is 0 Å². The summed E-state index contributed by atoms with van der Waals surface area (Å²) in [7, 11) is 1.42. The molecule has 2 aromatic rings. The van der Waals surface area contributed by atoms with Gasteiger partial charge in [0.25, 0.3) is 0 Å². The van der Waals surface area contributed by atoms with Gasteiger partial charge in [-0.2, -0.15) is 0 Å². The number of methoxy groups -OCH3 is 1. The van der Waals surface area contributed by atoms with E-state index in [0.29, 0.717) is 12.1 Å². The Morgan fingerprint density at radius 1 is 1.20 bits per heavy atom. The Kier molecular flexibility index (Phi) is 7.60. The van der Waals surface area contributed by atoms with Crippen LogP contribution in [0.4, 0.5) is 4.39 Å². The van der Waals surface area contributed by atoms with E-state index in [1.165, 1.54) is 30.9 Å². The molecule has 0 aliphatic carbocycles. The fourth-order valence-corrected chi connectivity index (χ4v) is 3.74. The molecule has 2 unspecified atom stereocenters. The summed E-state index contributed by atoms with van der Waals surface area (Å²) in [6, 6.07) is 12.7. The molecule has 2 aromatic carbocycles. The average molecular weight is 413 g/mol. The third kappa shape index (κ3) is 6.15. The summed E-state index contributed by atoms with van der Waals surface area (Å²) in [6.07, 6.45) is 3.43. The third-order valence-corrected chi connectivity index (χ3v) is 5.06. The number of rotatable bonds is 7. The van der Waals surface area contributed by atoms with Gasteiger partial charge in [-0.25, -0.2) is 4.39 Å². The molecule has 1 fully saturated rings. The van der Waals surface area contributed by atoms with Crippen molar-refractivity contribution in [2.45, 2.75) is 39.1 Å². The van der Waals surface area contributed by atoms with Crippen molar-refractivity contribution in [3.05, 3.63) is 71.0 Å². The summed E-state index contributed by atoms with van der Waals surface area (Å²) < 4.78 is 24.5. The van der Waals surface area contributed by atoms with Gasteiger partial charge in [0.05, 0.1) is 19.3 Å². The molecule has 0 spiro atoms. The molecule has 1 aliphatic heterocycles. The first-order valence-corrected chi connectivity index (χ1v) is 10.2. The van der Waals surface area contributed by atoms with Crippen LogP contribution in [0.3, 0.4) is 0 Å². The predicted molar refractivity (Wildman–Crippen MR) is 116 cm³/mol. The second-order valence-corrected chi connectivity index (χ2v) is 7.67. The highest BCUT2D eigenvalue weighted by Crippen LogP contribution is 2.19. The van der Waals surface area contributed by atoms with E-state index in [0.717, 1.165) is 25.2 Å². The van der Waals surface area contributed by atoms with E-state index in [-0.39, 0.29) is 23.9 Å². The van der Waals surface area contributed by atoms with E-state index >= 15 is 0 Å². The van der Waals surface area contributed by atoms with Crippen LogP contribution in [0.1, 0.15) is 30.5 Å². The van der Waals surface area contributed by atoms with Crippen LogP contribution in [0, 0.1) is 5.82 Å². The van der Waals surface area contributed by atoms with Crippen LogP contribution in [-0.2, 0) is 22.6 Å². The number of benzene rings is 2. The molecule has 1 N–H and O–H groups in total. The number of ether oxygens (including phenoxy) is 2. The van der Waals surface area contributed by atoms with E-state index in [9.17, 15) is 9.18 Å². The molecular formula is C24H29FN2O3. The van der Waals surface area contributed by atoms with E-state index in [1.54, 1.807) is 12.1 Å². The van der Waals surface area contributed by atoms with Crippen molar-refractivity contribution < 1.29 is 18.7 Å². The molecular weight excluding hydrogens is 383 g/mol. The summed E-state index contributed by atoms with van der Waals surface area (Å²) in [4.78, 5) is 14.6. The molecule has 30 heavy (non-hydrogen) atoms. The number of morpholine rings is 1. The largest absolute Gasteiger partial charge is 0.494 e. The van der Waals surface area contributed by atoms with E-state index in [2.05, 4.69) is 30.1 Å². The van der Waals surface area contributed by atoms with Gasteiger partial charge in [0.15, 0.2) is 11.6 Å². The first-order valence-electron chi connectivity index (χ1n) is 10.2. The second-order valence-electron chi connectivity index (χ2n) is 7.67. The molecule has 3 rings (SSSR count). The molecule has 1 saturated heterocycles. The highest BCUT2D eigenvalue weighted by molar-refractivity contribution is 5.91. The SMILES string of the molecule is COc1ccc(C=CC(=O)NCc2ccccc2CN2CC(C)OC(C)C2)cc1F. The Morgan fingerprint density at radius 2 is 1.90 bits per heavy atom. The van der Waals surface area contributed by atoms with E-state index in [1.807, 2.05) is 18.2 Å². The molecule has 1 heterocycles. The minimum Gasteiger partial charge on any atom is -0.494 e. The average Bonchev–Trinajstić information content (AvgIpc) is 2.71. The van der Waals surface area contributed by atoms with Crippen LogP contribution < -0.4 is 10.1 Å². The molecule has 6 heteroatoms. The van der Waals surface area contributed by atoms with Gasteiger partial charge in [0.2, 0.25) is 5.91 Å². The number of hydrogen-bond donors (Lipinski definition) is 1. The lowest BCUT2D eigenvalue weighted by molar-refractivity contribution is -0.116. The number of amides is 1. The van der Waals surface area contributed by atoms with Crippen LogP contribution in [0.15, 0.2) is 48.5 Å².